The van der Waals surface area contributed by atoms with Crippen molar-refractivity contribution in [3.05, 3.63) is 28.7 Å². The Morgan fingerprint density at radius 1 is 1.33 bits per heavy atom. The van der Waals surface area contributed by atoms with Crippen molar-refractivity contribution in [3.63, 3.8) is 0 Å². The molecule has 1 aromatic carbocycles. The van der Waals surface area contributed by atoms with Crippen LogP contribution in [0, 0.1) is 0 Å². The number of hydrogen-bond acceptors (Lipinski definition) is 8. The van der Waals surface area contributed by atoms with E-state index in [1.54, 1.807) is 24.3 Å². The molecule has 1 amide bonds. The van der Waals surface area contributed by atoms with Gasteiger partial charge in [0.05, 0.1) is 35.0 Å². The fraction of sp³-hybridized carbons (Fsp3) is 0.286. The average Bonchev–Trinajstić information content (AvgIpc) is 2.79. The van der Waals surface area contributed by atoms with Crippen LogP contribution in [0.3, 0.4) is 0 Å². The molecule has 0 saturated carbocycles. The summed E-state index contributed by atoms with van der Waals surface area (Å²) in [5.41, 5.74) is 0.648. The highest BCUT2D eigenvalue weighted by Crippen LogP contribution is 2.35. The van der Waals surface area contributed by atoms with Crippen LogP contribution in [-0.4, -0.2) is 54.6 Å². The molecule has 0 bridgehead atoms. The van der Waals surface area contributed by atoms with E-state index in [2.05, 4.69) is 0 Å². The van der Waals surface area contributed by atoms with E-state index in [0.717, 1.165) is 16.7 Å². The normalized spacial score (nSPS) is 16.8. The van der Waals surface area contributed by atoms with Crippen LogP contribution in [0.1, 0.15) is 5.56 Å². The van der Waals surface area contributed by atoms with Gasteiger partial charge in [-0.25, -0.2) is 8.42 Å². The largest absolute Gasteiger partial charge is 0.748 e. The summed E-state index contributed by atoms with van der Waals surface area (Å²) >= 11 is 6.12. The van der Waals surface area contributed by atoms with Crippen LogP contribution in [0.2, 0.25) is 0 Å². The molecule has 1 aromatic rings. The zero-order valence-electron chi connectivity index (χ0n) is 12.8. The van der Waals surface area contributed by atoms with Gasteiger partial charge in [0.15, 0.2) is 0 Å². The summed E-state index contributed by atoms with van der Waals surface area (Å²) in [4.78, 5) is 13.8. The zero-order chi connectivity index (χ0) is 17.9. The van der Waals surface area contributed by atoms with Crippen LogP contribution in [0.4, 0.5) is 0 Å². The molecule has 0 unspecified atom stereocenters. The Bertz CT molecular complexity index is 803. The van der Waals surface area contributed by atoms with Crippen LogP contribution < -0.4 is 9.47 Å². The second-order valence-corrected chi connectivity index (χ2v) is 7.90. The Kier molecular flexibility index (Phi) is 5.86. The van der Waals surface area contributed by atoms with Crippen molar-refractivity contribution in [1.29, 1.82) is 0 Å². The van der Waals surface area contributed by atoms with Gasteiger partial charge in [0.2, 0.25) is 0 Å². The molecule has 0 N–H and O–H groups in total. The summed E-state index contributed by atoms with van der Waals surface area (Å²) in [7, 11) is -1.39. The third-order valence-corrected chi connectivity index (χ3v) is 5.23. The fourth-order valence-electron chi connectivity index (χ4n) is 1.97. The van der Waals surface area contributed by atoms with E-state index in [0.29, 0.717) is 22.0 Å². The number of methoxy groups -OCH3 is 2. The predicted molar refractivity (Wildman–Crippen MR) is 94.0 cm³/mol. The number of carbonyl (C=O) groups excluding carboxylic acids is 1. The van der Waals surface area contributed by atoms with Crippen molar-refractivity contribution in [1.82, 2.24) is 4.90 Å². The Hall–Kier alpha value is -1.62. The van der Waals surface area contributed by atoms with Gasteiger partial charge in [0.25, 0.3) is 5.91 Å². The SMILES string of the molecule is COc1ccc(/C=C2\SC(=S)N(CCS(=O)(=O)[O-])C2=O)c(OC)c1. The topological polar surface area (TPSA) is 96.0 Å². The molecule has 130 valence electrons. The number of rotatable bonds is 6. The molecule has 0 aliphatic carbocycles. The first-order chi connectivity index (χ1) is 11.2. The first-order valence-electron chi connectivity index (χ1n) is 6.66. The van der Waals surface area contributed by atoms with E-state index in [1.807, 2.05) is 0 Å². The van der Waals surface area contributed by atoms with Crippen LogP contribution in [-0.2, 0) is 14.9 Å². The lowest BCUT2D eigenvalue weighted by Gasteiger charge is -2.15. The minimum absolute atomic E-state index is 0.211. The Morgan fingerprint density at radius 2 is 2.04 bits per heavy atom. The molecule has 1 aliphatic heterocycles. The molecule has 24 heavy (non-hydrogen) atoms. The summed E-state index contributed by atoms with van der Waals surface area (Å²) in [5.74, 6) is 0.00366. The lowest BCUT2D eigenvalue weighted by atomic mass is 10.1. The van der Waals surface area contributed by atoms with Crippen LogP contribution >= 0.6 is 24.0 Å². The van der Waals surface area contributed by atoms with Crippen molar-refractivity contribution in [3.8, 4) is 11.5 Å². The number of ether oxygens (including phenoxy) is 2. The van der Waals surface area contributed by atoms with Crippen LogP contribution in [0.25, 0.3) is 6.08 Å². The molecular weight excluding hydrogens is 374 g/mol. The molecule has 1 saturated heterocycles. The third kappa shape index (κ3) is 4.47. The molecule has 0 spiro atoms. The van der Waals surface area contributed by atoms with Crippen molar-refractivity contribution >= 4 is 50.4 Å². The summed E-state index contributed by atoms with van der Waals surface area (Å²) in [5, 5.41) is 0. The Morgan fingerprint density at radius 3 is 2.62 bits per heavy atom. The first kappa shape index (κ1) is 18.7. The predicted octanol–water partition coefficient (Wildman–Crippen LogP) is 1.45. The van der Waals surface area contributed by atoms with Crippen molar-refractivity contribution < 1.29 is 27.2 Å². The molecule has 10 heteroatoms. The third-order valence-electron chi connectivity index (χ3n) is 3.17. The molecular formula is C14H14NO6S3-. The van der Waals surface area contributed by atoms with E-state index in [-0.39, 0.29) is 10.9 Å². The summed E-state index contributed by atoms with van der Waals surface area (Å²) in [6.07, 6.45) is 1.60. The van der Waals surface area contributed by atoms with Gasteiger partial charge in [-0.05, 0) is 18.2 Å². The quantitative estimate of drug-likeness (QED) is 0.410. The molecule has 1 fully saturated rings. The lowest BCUT2D eigenvalue weighted by molar-refractivity contribution is -0.121. The van der Waals surface area contributed by atoms with E-state index in [4.69, 9.17) is 21.7 Å². The highest BCUT2D eigenvalue weighted by atomic mass is 32.2. The highest BCUT2D eigenvalue weighted by molar-refractivity contribution is 8.26. The number of thioether (sulfide) groups is 1. The van der Waals surface area contributed by atoms with Gasteiger partial charge in [0, 0.05) is 18.2 Å². The second kappa shape index (κ2) is 7.51. The monoisotopic (exact) mass is 388 g/mol. The van der Waals surface area contributed by atoms with E-state index >= 15 is 0 Å². The second-order valence-electron chi connectivity index (χ2n) is 4.70. The standard InChI is InChI=1S/C14H15NO6S3/c1-20-10-4-3-9(11(8-10)21-2)7-12-13(16)15(14(22)23-12)5-6-24(17,18)19/h3-4,7-8H,5-6H2,1-2H3,(H,17,18,19)/p-1/b12-7-. The van der Waals surface area contributed by atoms with Crippen molar-refractivity contribution in [2.75, 3.05) is 26.5 Å². The minimum Gasteiger partial charge on any atom is -0.748 e. The van der Waals surface area contributed by atoms with E-state index in [1.165, 1.54) is 14.2 Å². The number of carbonyl (C=O) groups is 1. The first-order valence-corrected chi connectivity index (χ1v) is 9.46. The molecule has 7 nitrogen and oxygen atoms in total. The van der Waals surface area contributed by atoms with Gasteiger partial charge in [-0.2, -0.15) is 0 Å². The van der Waals surface area contributed by atoms with Gasteiger partial charge >= 0.3 is 0 Å². The molecule has 2 rings (SSSR count). The number of thiocarbonyl (C=S) groups is 1. The smallest absolute Gasteiger partial charge is 0.266 e. The molecule has 1 aliphatic rings. The maximum Gasteiger partial charge on any atom is 0.266 e. The van der Waals surface area contributed by atoms with Gasteiger partial charge < -0.3 is 14.0 Å². The maximum atomic E-state index is 12.3. The molecule has 0 atom stereocenters. The molecule has 1 heterocycles. The van der Waals surface area contributed by atoms with Crippen LogP contribution in [0.5, 0.6) is 11.5 Å². The molecule has 0 aromatic heterocycles. The summed E-state index contributed by atoms with van der Waals surface area (Å²) in [6.45, 7) is -0.256. The van der Waals surface area contributed by atoms with Gasteiger partial charge in [-0.3, -0.25) is 9.69 Å². The van der Waals surface area contributed by atoms with Crippen molar-refractivity contribution in [2.24, 2.45) is 0 Å². The lowest BCUT2D eigenvalue weighted by Crippen LogP contribution is -2.32. The van der Waals surface area contributed by atoms with Gasteiger partial charge in [-0.15, -0.1) is 0 Å². The van der Waals surface area contributed by atoms with Gasteiger partial charge in [-0.1, -0.05) is 24.0 Å². The van der Waals surface area contributed by atoms with Crippen LogP contribution in [0.15, 0.2) is 23.1 Å². The minimum atomic E-state index is -4.42. The highest BCUT2D eigenvalue weighted by Gasteiger charge is 2.32. The zero-order valence-corrected chi connectivity index (χ0v) is 15.3. The number of nitrogens with zero attached hydrogens (tertiary/aromatic N) is 1. The fourth-order valence-corrected chi connectivity index (χ4v) is 3.68. The summed E-state index contributed by atoms with van der Waals surface area (Å²) in [6, 6.07) is 5.13. The number of hydrogen-bond donors (Lipinski definition) is 0. The number of benzene rings is 1. The maximum absolute atomic E-state index is 12.3. The van der Waals surface area contributed by atoms with E-state index < -0.39 is 21.8 Å². The van der Waals surface area contributed by atoms with E-state index in [9.17, 15) is 17.8 Å². The Labute approximate surface area is 149 Å². The number of amides is 1. The molecule has 0 radical (unpaired) electrons. The summed E-state index contributed by atoms with van der Waals surface area (Å²) < 4.78 is 42.8. The average molecular weight is 388 g/mol. The van der Waals surface area contributed by atoms with Gasteiger partial charge in [0.1, 0.15) is 15.8 Å². The van der Waals surface area contributed by atoms with Crippen molar-refractivity contribution in [2.45, 2.75) is 0 Å². The Balaban J connectivity index is 2.25.